The zero-order valence-corrected chi connectivity index (χ0v) is 12.6. The van der Waals surface area contributed by atoms with E-state index in [1.807, 2.05) is 18.2 Å². The van der Waals surface area contributed by atoms with E-state index >= 15 is 0 Å². The minimum Gasteiger partial charge on any atom is -0.326 e. The van der Waals surface area contributed by atoms with Crippen molar-refractivity contribution in [2.45, 2.75) is 19.8 Å². The topological polar surface area (TPSA) is 96.0 Å². The number of anilines is 1. The van der Waals surface area contributed by atoms with Crippen LogP contribution < -0.4 is 5.32 Å². The molecule has 0 aliphatic rings. The molecule has 0 atom stereocenters. The minimum absolute atomic E-state index is 0.0186. The van der Waals surface area contributed by atoms with Gasteiger partial charge in [0.15, 0.2) is 0 Å². The Morgan fingerprint density at radius 3 is 2.57 bits per heavy atom. The van der Waals surface area contributed by atoms with Gasteiger partial charge in [0.2, 0.25) is 5.91 Å². The fraction of sp³-hybridized carbons (Fsp3) is 0.176. The highest BCUT2D eigenvalue weighted by Crippen LogP contribution is 2.22. The van der Waals surface area contributed by atoms with Crippen molar-refractivity contribution < 1.29 is 9.72 Å². The van der Waals surface area contributed by atoms with E-state index in [1.54, 1.807) is 31.2 Å². The maximum absolute atomic E-state index is 11.9. The van der Waals surface area contributed by atoms with Crippen molar-refractivity contribution in [3.63, 3.8) is 0 Å². The van der Waals surface area contributed by atoms with Crippen molar-refractivity contribution in [2.75, 3.05) is 5.32 Å². The summed E-state index contributed by atoms with van der Waals surface area (Å²) in [6.07, 6.45) is 0.791. The fourth-order valence-electron chi connectivity index (χ4n) is 2.11. The van der Waals surface area contributed by atoms with Crippen LogP contribution in [0.4, 0.5) is 11.4 Å². The highest BCUT2D eigenvalue weighted by Gasteiger charge is 2.12. The van der Waals surface area contributed by atoms with Crippen molar-refractivity contribution in [3.05, 3.63) is 69.3 Å². The summed E-state index contributed by atoms with van der Waals surface area (Å²) >= 11 is 0. The third kappa shape index (κ3) is 4.38. The second-order valence-corrected chi connectivity index (χ2v) is 5.12. The maximum Gasteiger partial charge on any atom is 0.274 e. The number of benzene rings is 2. The molecule has 0 fully saturated rings. The molecule has 1 N–H and O–H groups in total. The average molecular weight is 309 g/mol. The molecular formula is C17H15N3O3. The van der Waals surface area contributed by atoms with Gasteiger partial charge >= 0.3 is 0 Å². The second-order valence-electron chi connectivity index (χ2n) is 5.12. The van der Waals surface area contributed by atoms with E-state index in [9.17, 15) is 14.9 Å². The lowest BCUT2D eigenvalue weighted by Gasteiger charge is -2.06. The number of nitriles is 1. The third-order valence-corrected chi connectivity index (χ3v) is 3.41. The highest BCUT2D eigenvalue weighted by molar-refractivity contribution is 5.91. The lowest BCUT2D eigenvalue weighted by molar-refractivity contribution is -0.385. The number of aryl methyl sites for hydroxylation is 2. The molecule has 0 aromatic heterocycles. The van der Waals surface area contributed by atoms with E-state index in [0.29, 0.717) is 23.2 Å². The number of hydrogen-bond acceptors (Lipinski definition) is 4. The van der Waals surface area contributed by atoms with E-state index < -0.39 is 4.92 Å². The summed E-state index contributed by atoms with van der Waals surface area (Å²) in [5.41, 5.74) is 2.46. The number of carbonyl (C=O) groups excluding carboxylic acids is 1. The Morgan fingerprint density at radius 2 is 1.96 bits per heavy atom. The molecule has 0 saturated carbocycles. The van der Waals surface area contributed by atoms with Gasteiger partial charge in [0, 0.05) is 23.7 Å². The Kier molecular flexibility index (Phi) is 5.05. The number of nitro groups is 1. The van der Waals surface area contributed by atoms with E-state index in [-0.39, 0.29) is 18.0 Å². The summed E-state index contributed by atoms with van der Waals surface area (Å²) in [5.74, 6) is -0.215. The molecule has 2 aromatic carbocycles. The Labute approximate surface area is 133 Å². The van der Waals surface area contributed by atoms with Crippen molar-refractivity contribution in [3.8, 4) is 6.07 Å². The van der Waals surface area contributed by atoms with Gasteiger partial charge in [0.1, 0.15) is 0 Å². The van der Waals surface area contributed by atoms with Crippen molar-refractivity contribution >= 4 is 17.3 Å². The largest absolute Gasteiger partial charge is 0.326 e. The SMILES string of the molecule is Cc1ccc(NC(=O)CCc2ccc(C#N)cc2)cc1[N+](=O)[O-]. The van der Waals surface area contributed by atoms with Crippen LogP contribution in [0.2, 0.25) is 0 Å². The number of nitrogens with one attached hydrogen (secondary N) is 1. The summed E-state index contributed by atoms with van der Waals surface area (Å²) in [6, 6.07) is 13.7. The molecule has 116 valence electrons. The molecule has 1 amide bonds. The molecule has 6 heteroatoms. The average Bonchev–Trinajstić information content (AvgIpc) is 2.55. The van der Waals surface area contributed by atoms with Crippen LogP contribution in [0, 0.1) is 28.4 Å². The first-order valence-electron chi connectivity index (χ1n) is 7.03. The lowest BCUT2D eigenvalue weighted by Crippen LogP contribution is -2.12. The Bertz CT molecular complexity index is 777. The summed E-state index contributed by atoms with van der Waals surface area (Å²) in [6.45, 7) is 1.65. The van der Waals surface area contributed by atoms with Crippen LogP contribution in [-0.4, -0.2) is 10.8 Å². The normalized spacial score (nSPS) is 9.91. The molecule has 0 aliphatic carbocycles. The third-order valence-electron chi connectivity index (χ3n) is 3.41. The van der Waals surface area contributed by atoms with E-state index in [4.69, 9.17) is 5.26 Å². The van der Waals surface area contributed by atoms with Crippen LogP contribution in [0.5, 0.6) is 0 Å². The van der Waals surface area contributed by atoms with E-state index in [0.717, 1.165) is 5.56 Å². The quantitative estimate of drug-likeness (QED) is 0.676. The number of nitrogens with zero attached hydrogens (tertiary/aromatic N) is 2. The molecule has 0 aliphatic heterocycles. The monoisotopic (exact) mass is 309 g/mol. The van der Waals surface area contributed by atoms with Gasteiger partial charge < -0.3 is 5.32 Å². The second kappa shape index (κ2) is 7.18. The van der Waals surface area contributed by atoms with Gasteiger partial charge in [-0.3, -0.25) is 14.9 Å². The Balaban J connectivity index is 1.95. The van der Waals surface area contributed by atoms with Gasteiger partial charge in [-0.15, -0.1) is 0 Å². The molecule has 23 heavy (non-hydrogen) atoms. The molecule has 0 bridgehead atoms. The van der Waals surface area contributed by atoms with Gasteiger partial charge in [-0.05, 0) is 37.1 Å². The van der Waals surface area contributed by atoms with Crippen LogP contribution >= 0.6 is 0 Å². The molecule has 0 unspecified atom stereocenters. The Morgan fingerprint density at radius 1 is 1.26 bits per heavy atom. The first-order valence-corrected chi connectivity index (χ1v) is 7.03. The number of amides is 1. The molecule has 2 aromatic rings. The molecule has 2 rings (SSSR count). The highest BCUT2D eigenvalue weighted by atomic mass is 16.6. The number of hydrogen-bond donors (Lipinski definition) is 1. The molecule has 0 spiro atoms. The Hall–Kier alpha value is -3.20. The van der Waals surface area contributed by atoms with Gasteiger partial charge in [-0.2, -0.15) is 5.26 Å². The van der Waals surface area contributed by atoms with E-state index in [1.165, 1.54) is 6.07 Å². The molecule has 6 nitrogen and oxygen atoms in total. The van der Waals surface area contributed by atoms with Crippen LogP contribution in [-0.2, 0) is 11.2 Å². The minimum atomic E-state index is -0.470. The first-order chi connectivity index (χ1) is 11.0. The zero-order valence-electron chi connectivity index (χ0n) is 12.6. The fourth-order valence-corrected chi connectivity index (χ4v) is 2.11. The molecular weight excluding hydrogens is 294 g/mol. The molecule has 0 saturated heterocycles. The van der Waals surface area contributed by atoms with Crippen molar-refractivity contribution in [1.29, 1.82) is 5.26 Å². The van der Waals surface area contributed by atoms with Crippen LogP contribution in [0.3, 0.4) is 0 Å². The van der Waals surface area contributed by atoms with E-state index in [2.05, 4.69) is 5.32 Å². The predicted molar refractivity (Wildman–Crippen MR) is 85.9 cm³/mol. The maximum atomic E-state index is 11.9. The van der Waals surface area contributed by atoms with Crippen molar-refractivity contribution in [2.24, 2.45) is 0 Å². The molecule has 0 heterocycles. The smallest absolute Gasteiger partial charge is 0.274 e. The number of rotatable bonds is 5. The first kappa shape index (κ1) is 16.2. The summed E-state index contributed by atoms with van der Waals surface area (Å²) in [5, 5.41) is 22.3. The van der Waals surface area contributed by atoms with Gasteiger partial charge in [0.05, 0.1) is 16.6 Å². The summed E-state index contributed by atoms with van der Waals surface area (Å²) in [4.78, 5) is 22.4. The number of nitro benzene ring substituents is 1. The van der Waals surface area contributed by atoms with Gasteiger partial charge in [-0.25, -0.2) is 0 Å². The zero-order chi connectivity index (χ0) is 16.8. The lowest BCUT2D eigenvalue weighted by atomic mass is 10.1. The van der Waals surface area contributed by atoms with Gasteiger partial charge in [-0.1, -0.05) is 18.2 Å². The summed E-state index contributed by atoms with van der Waals surface area (Å²) in [7, 11) is 0. The van der Waals surface area contributed by atoms with Crippen LogP contribution in [0.15, 0.2) is 42.5 Å². The standard InChI is InChI=1S/C17H15N3O3/c1-12-2-8-15(10-16(12)20(22)23)19-17(21)9-7-13-3-5-14(11-18)6-4-13/h2-6,8,10H,7,9H2,1H3,(H,19,21). The molecule has 0 radical (unpaired) electrons. The van der Waals surface area contributed by atoms with Crippen molar-refractivity contribution in [1.82, 2.24) is 0 Å². The number of carbonyl (C=O) groups is 1. The predicted octanol–water partition coefficient (Wildman–Crippen LogP) is 3.35. The summed E-state index contributed by atoms with van der Waals surface area (Å²) < 4.78 is 0. The van der Waals surface area contributed by atoms with Gasteiger partial charge in [0.25, 0.3) is 5.69 Å². The van der Waals surface area contributed by atoms with Crippen LogP contribution in [0.25, 0.3) is 0 Å². The van der Waals surface area contributed by atoms with Crippen LogP contribution in [0.1, 0.15) is 23.1 Å².